The van der Waals surface area contributed by atoms with E-state index in [4.69, 9.17) is 0 Å². The summed E-state index contributed by atoms with van der Waals surface area (Å²) in [5.41, 5.74) is 0. The van der Waals surface area contributed by atoms with Crippen LogP contribution in [0.3, 0.4) is 0 Å². The van der Waals surface area contributed by atoms with Gasteiger partial charge in [-0.1, -0.05) is 6.92 Å². The van der Waals surface area contributed by atoms with Crippen molar-refractivity contribution in [3.8, 4) is 0 Å². The lowest BCUT2D eigenvalue weighted by Crippen LogP contribution is -2.38. The van der Waals surface area contributed by atoms with Crippen LogP contribution in [0.25, 0.3) is 0 Å². The Balaban J connectivity index is 2.20. The fourth-order valence-electron chi connectivity index (χ4n) is 1.78. The summed E-state index contributed by atoms with van der Waals surface area (Å²) in [6, 6.07) is 3.08. The summed E-state index contributed by atoms with van der Waals surface area (Å²) in [7, 11) is -3.43. The molecule has 0 unspecified atom stereocenters. The molecule has 1 saturated heterocycles. The summed E-state index contributed by atoms with van der Waals surface area (Å²) >= 11 is 0. The lowest BCUT2D eigenvalue weighted by Gasteiger charge is -2.28. The van der Waals surface area contributed by atoms with Gasteiger partial charge in [-0.25, -0.2) is 8.42 Å². The lowest BCUT2D eigenvalue weighted by molar-refractivity contribution is 0.287. The van der Waals surface area contributed by atoms with E-state index in [0.29, 0.717) is 19.0 Å². The van der Waals surface area contributed by atoms with E-state index in [1.807, 2.05) is 0 Å². The normalized spacial score (nSPS) is 19.8. The molecule has 0 N–H and O–H groups in total. The average molecular weight is 241 g/mol. The van der Waals surface area contributed by atoms with Crippen LogP contribution < -0.4 is 0 Å². The highest BCUT2D eigenvalue weighted by molar-refractivity contribution is 7.89. The van der Waals surface area contributed by atoms with E-state index >= 15 is 0 Å². The number of rotatable bonds is 2. The number of hydrogen-bond donors (Lipinski definition) is 0. The van der Waals surface area contributed by atoms with E-state index in [1.165, 1.54) is 16.6 Å². The molecule has 88 valence electrons. The summed E-state index contributed by atoms with van der Waals surface area (Å²) in [6.07, 6.45) is 3.30. The molecule has 0 radical (unpaired) electrons. The molecule has 2 rings (SSSR count). The van der Waals surface area contributed by atoms with Gasteiger partial charge in [0, 0.05) is 19.3 Å². The van der Waals surface area contributed by atoms with E-state index in [2.05, 4.69) is 17.1 Å². The van der Waals surface area contributed by atoms with Gasteiger partial charge in [-0.15, -0.1) is 5.10 Å². The molecule has 1 aliphatic rings. The van der Waals surface area contributed by atoms with Gasteiger partial charge in [0.15, 0.2) is 5.03 Å². The molecular weight excluding hydrogens is 226 g/mol. The third-order valence-corrected chi connectivity index (χ3v) is 4.69. The molecule has 2 heterocycles. The zero-order valence-electron chi connectivity index (χ0n) is 9.20. The molecule has 0 amide bonds. The zero-order chi connectivity index (χ0) is 11.6. The first-order chi connectivity index (χ1) is 7.60. The molecule has 0 aromatic carbocycles. The second-order valence-corrected chi connectivity index (χ2v) is 6.03. The van der Waals surface area contributed by atoms with Gasteiger partial charge >= 0.3 is 0 Å². The van der Waals surface area contributed by atoms with Crippen LogP contribution in [0, 0.1) is 5.92 Å². The van der Waals surface area contributed by atoms with Crippen molar-refractivity contribution in [1.82, 2.24) is 14.5 Å². The fraction of sp³-hybridized carbons (Fsp3) is 0.600. The Morgan fingerprint density at radius 3 is 2.62 bits per heavy atom. The predicted octanol–water partition coefficient (Wildman–Crippen LogP) is 0.897. The Kier molecular flexibility index (Phi) is 3.20. The van der Waals surface area contributed by atoms with Gasteiger partial charge in [-0.2, -0.15) is 9.40 Å². The van der Waals surface area contributed by atoms with Crippen molar-refractivity contribution in [3.05, 3.63) is 18.3 Å². The van der Waals surface area contributed by atoms with E-state index in [-0.39, 0.29) is 5.03 Å². The van der Waals surface area contributed by atoms with Crippen LogP contribution in [-0.4, -0.2) is 36.0 Å². The van der Waals surface area contributed by atoms with Gasteiger partial charge < -0.3 is 0 Å². The highest BCUT2D eigenvalue weighted by atomic mass is 32.2. The van der Waals surface area contributed by atoms with Gasteiger partial charge in [0.25, 0.3) is 10.0 Å². The molecule has 5 nitrogen and oxygen atoms in total. The van der Waals surface area contributed by atoms with Crippen molar-refractivity contribution in [2.75, 3.05) is 13.1 Å². The maximum absolute atomic E-state index is 12.1. The van der Waals surface area contributed by atoms with E-state index < -0.39 is 10.0 Å². The maximum atomic E-state index is 12.1. The van der Waals surface area contributed by atoms with Crippen LogP contribution in [0.5, 0.6) is 0 Å². The highest BCUT2D eigenvalue weighted by Gasteiger charge is 2.28. The fourth-order valence-corrected chi connectivity index (χ4v) is 3.14. The standard InChI is InChI=1S/C10H15N3O2S/c1-9-4-7-13(8-5-9)16(14,15)10-3-2-6-11-12-10/h2-3,6,9H,4-5,7-8H2,1H3. The SMILES string of the molecule is CC1CCN(S(=O)(=O)c2cccnn2)CC1. The van der Waals surface area contributed by atoms with Crippen LogP contribution in [-0.2, 0) is 10.0 Å². The van der Waals surface area contributed by atoms with Gasteiger partial charge in [0.2, 0.25) is 0 Å². The van der Waals surface area contributed by atoms with Gasteiger partial charge in [-0.05, 0) is 30.9 Å². The third-order valence-electron chi connectivity index (χ3n) is 2.89. The van der Waals surface area contributed by atoms with E-state index in [1.54, 1.807) is 6.07 Å². The topological polar surface area (TPSA) is 63.2 Å². The van der Waals surface area contributed by atoms with Gasteiger partial charge in [-0.3, -0.25) is 0 Å². The molecule has 1 aromatic heterocycles. The second-order valence-electron chi connectivity index (χ2n) is 4.15. The number of hydrogen-bond acceptors (Lipinski definition) is 4. The quantitative estimate of drug-likeness (QED) is 0.771. The van der Waals surface area contributed by atoms with Crippen molar-refractivity contribution >= 4 is 10.0 Å². The first-order valence-electron chi connectivity index (χ1n) is 5.38. The first kappa shape index (κ1) is 11.5. The number of aromatic nitrogens is 2. The average Bonchev–Trinajstić information content (AvgIpc) is 2.31. The first-order valence-corrected chi connectivity index (χ1v) is 6.82. The minimum atomic E-state index is -3.43. The van der Waals surface area contributed by atoms with E-state index in [0.717, 1.165) is 12.8 Å². The molecule has 1 aromatic rings. The van der Waals surface area contributed by atoms with Crippen LogP contribution in [0.15, 0.2) is 23.4 Å². The molecule has 1 aliphatic heterocycles. The summed E-state index contributed by atoms with van der Waals surface area (Å²) in [4.78, 5) is 0. The molecule has 0 aliphatic carbocycles. The molecule has 6 heteroatoms. The summed E-state index contributed by atoms with van der Waals surface area (Å²) in [6.45, 7) is 3.31. The molecular formula is C10H15N3O2S. The minimum Gasteiger partial charge on any atom is -0.205 e. The minimum absolute atomic E-state index is 0.0459. The monoisotopic (exact) mass is 241 g/mol. The molecule has 16 heavy (non-hydrogen) atoms. The molecule has 0 atom stereocenters. The van der Waals surface area contributed by atoms with E-state index in [9.17, 15) is 8.42 Å². The van der Waals surface area contributed by atoms with Crippen molar-refractivity contribution in [3.63, 3.8) is 0 Å². The third kappa shape index (κ3) is 2.22. The highest BCUT2D eigenvalue weighted by Crippen LogP contribution is 2.21. The van der Waals surface area contributed by atoms with Crippen molar-refractivity contribution < 1.29 is 8.42 Å². The van der Waals surface area contributed by atoms with Crippen LogP contribution in [0.1, 0.15) is 19.8 Å². The molecule has 1 fully saturated rings. The number of piperidine rings is 1. The largest absolute Gasteiger partial charge is 0.262 e. The zero-order valence-corrected chi connectivity index (χ0v) is 10.0. The Morgan fingerprint density at radius 2 is 2.06 bits per heavy atom. The van der Waals surface area contributed by atoms with Crippen molar-refractivity contribution in [2.24, 2.45) is 5.92 Å². The van der Waals surface area contributed by atoms with Crippen LogP contribution in [0.4, 0.5) is 0 Å². The summed E-state index contributed by atoms with van der Waals surface area (Å²) in [5, 5.41) is 7.32. The van der Waals surface area contributed by atoms with Crippen LogP contribution >= 0.6 is 0 Å². The maximum Gasteiger partial charge on any atom is 0.262 e. The molecule has 0 spiro atoms. The Labute approximate surface area is 95.5 Å². The Morgan fingerprint density at radius 1 is 1.38 bits per heavy atom. The summed E-state index contributed by atoms with van der Waals surface area (Å²) in [5.74, 6) is 0.605. The number of nitrogens with zero attached hydrogens (tertiary/aromatic N) is 3. The van der Waals surface area contributed by atoms with Gasteiger partial charge in [0.1, 0.15) is 0 Å². The Bertz CT molecular complexity index is 438. The number of sulfonamides is 1. The summed E-state index contributed by atoms with van der Waals surface area (Å²) < 4.78 is 25.7. The smallest absolute Gasteiger partial charge is 0.205 e. The van der Waals surface area contributed by atoms with Gasteiger partial charge in [0.05, 0.1) is 0 Å². The second kappa shape index (κ2) is 4.47. The van der Waals surface area contributed by atoms with Crippen molar-refractivity contribution in [1.29, 1.82) is 0 Å². The molecule has 0 bridgehead atoms. The lowest BCUT2D eigenvalue weighted by atomic mass is 10.0. The molecule has 0 saturated carbocycles. The predicted molar refractivity (Wildman–Crippen MR) is 59.2 cm³/mol. The van der Waals surface area contributed by atoms with Crippen molar-refractivity contribution in [2.45, 2.75) is 24.8 Å². The Hall–Kier alpha value is -1.01. The van der Waals surface area contributed by atoms with Crippen LogP contribution in [0.2, 0.25) is 0 Å².